The van der Waals surface area contributed by atoms with Crippen molar-refractivity contribution in [1.82, 2.24) is 0 Å². The lowest BCUT2D eigenvalue weighted by atomic mass is 9.94. The van der Waals surface area contributed by atoms with E-state index < -0.39 is 0 Å². The molecule has 5 nitrogen and oxygen atoms in total. The minimum atomic E-state index is -0.340. The summed E-state index contributed by atoms with van der Waals surface area (Å²) in [5.74, 6) is 1.02. The highest BCUT2D eigenvalue weighted by Gasteiger charge is 2.27. The molecule has 1 atom stereocenters. The van der Waals surface area contributed by atoms with Gasteiger partial charge in [-0.2, -0.15) is 0 Å². The first kappa shape index (κ1) is 14.2. The van der Waals surface area contributed by atoms with E-state index in [4.69, 9.17) is 18.9 Å². The summed E-state index contributed by atoms with van der Waals surface area (Å²) in [5, 5.41) is 0. The average Bonchev–Trinajstić information content (AvgIpc) is 2.94. The van der Waals surface area contributed by atoms with E-state index in [9.17, 15) is 4.79 Å². The van der Waals surface area contributed by atoms with Gasteiger partial charge in [0.05, 0.1) is 39.8 Å². The number of carbonyl (C=O) groups is 1. The maximum atomic E-state index is 11.6. The van der Waals surface area contributed by atoms with Gasteiger partial charge in [0.2, 0.25) is 0 Å². The summed E-state index contributed by atoms with van der Waals surface area (Å²) in [6.45, 7) is 0.485. The van der Waals surface area contributed by atoms with Gasteiger partial charge < -0.3 is 18.9 Å². The number of carbonyl (C=O) groups excluding carboxylic acids is 1. The summed E-state index contributed by atoms with van der Waals surface area (Å²) < 4.78 is 20.5. The summed E-state index contributed by atoms with van der Waals surface area (Å²) >= 11 is 0. The molecule has 2 rings (SSSR count). The molecule has 5 heteroatoms. The summed E-state index contributed by atoms with van der Waals surface area (Å²) in [6.07, 6.45) is 2.17. The van der Waals surface area contributed by atoms with Crippen LogP contribution >= 0.6 is 0 Å². The van der Waals surface area contributed by atoms with Crippen LogP contribution in [-0.4, -0.2) is 33.9 Å². The van der Waals surface area contributed by atoms with Gasteiger partial charge in [0.25, 0.3) is 0 Å². The molecular formula is C15H18O5. The summed E-state index contributed by atoms with van der Waals surface area (Å²) in [6, 6.07) is 5.71. The Morgan fingerprint density at radius 1 is 1.25 bits per heavy atom. The van der Waals surface area contributed by atoms with Gasteiger partial charge in [-0.05, 0) is 24.1 Å². The van der Waals surface area contributed by atoms with Crippen molar-refractivity contribution < 1.29 is 23.7 Å². The van der Waals surface area contributed by atoms with Crippen LogP contribution in [-0.2, 0) is 20.7 Å². The molecule has 0 saturated carbocycles. The number of hydrogen-bond acceptors (Lipinski definition) is 5. The molecule has 0 fully saturated rings. The van der Waals surface area contributed by atoms with Gasteiger partial charge in [0.1, 0.15) is 0 Å². The maximum absolute atomic E-state index is 11.6. The number of rotatable bonds is 5. The molecule has 0 radical (unpaired) electrons. The third kappa shape index (κ3) is 2.87. The third-order valence-corrected chi connectivity index (χ3v) is 3.30. The van der Waals surface area contributed by atoms with E-state index in [1.165, 1.54) is 13.4 Å². The highest BCUT2D eigenvalue weighted by molar-refractivity contribution is 5.89. The predicted molar refractivity (Wildman–Crippen MR) is 72.8 cm³/mol. The molecule has 1 unspecified atom stereocenters. The summed E-state index contributed by atoms with van der Waals surface area (Å²) in [7, 11) is 4.56. The summed E-state index contributed by atoms with van der Waals surface area (Å²) in [4.78, 5) is 11.6. The Labute approximate surface area is 118 Å². The lowest BCUT2D eigenvalue weighted by molar-refractivity contribution is -0.136. The van der Waals surface area contributed by atoms with Crippen molar-refractivity contribution >= 4 is 5.97 Å². The first-order valence-electron chi connectivity index (χ1n) is 6.30. The molecule has 1 aliphatic heterocycles. The van der Waals surface area contributed by atoms with E-state index >= 15 is 0 Å². The molecule has 0 saturated heterocycles. The maximum Gasteiger partial charge on any atom is 0.337 e. The molecule has 0 aliphatic carbocycles. The molecule has 1 aliphatic rings. The molecule has 1 aromatic carbocycles. The molecular weight excluding hydrogens is 260 g/mol. The number of methoxy groups -OCH3 is 3. The van der Waals surface area contributed by atoms with Crippen LogP contribution in [0.2, 0.25) is 0 Å². The van der Waals surface area contributed by atoms with Gasteiger partial charge in [-0.15, -0.1) is 0 Å². The zero-order valence-corrected chi connectivity index (χ0v) is 11.8. The molecule has 0 N–H and O–H groups in total. The second-order valence-electron chi connectivity index (χ2n) is 4.49. The minimum absolute atomic E-state index is 0.000510. The van der Waals surface area contributed by atoms with Gasteiger partial charge in [-0.25, -0.2) is 4.79 Å². The van der Waals surface area contributed by atoms with Crippen LogP contribution in [0.1, 0.15) is 5.56 Å². The Balaban J connectivity index is 2.14. The van der Waals surface area contributed by atoms with Crippen molar-refractivity contribution in [3.8, 4) is 11.5 Å². The molecule has 108 valence electrons. The first-order valence-corrected chi connectivity index (χ1v) is 6.30. The zero-order valence-electron chi connectivity index (χ0n) is 11.8. The first-order chi connectivity index (χ1) is 9.69. The number of benzene rings is 1. The normalized spacial score (nSPS) is 17.1. The van der Waals surface area contributed by atoms with Crippen LogP contribution in [0.3, 0.4) is 0 Å². The van der Waals surface area contributed by atoms with Gasteiger partial charge in [-0.1, -0.05) is 6.07 Å². The van der Waals surface area contributed by atoms with E-state index in [2.05, 4.69) is 0 Å². The summed E-state index contributed by atoms with van der Waals surface area (Å²) in [5.41, 5.74) is 1.62. The van der Waals surface area contributed by atoms with E-state index in [1.807, 2.05) is 18.2 Å². The molecule has 1 heterocycles. The molecule has 1 aromatic rings. The van der Waals surface area contributed by atoms with E-state index in [1.54, 1.807) is 14.2 Å². The highest BCUT2D eigenvalue weighted by atomic mass is 16.5. The quantitative estimate of drug-likeness (QED) is 0.771. The largest absolute Gasteiger partial charge is 0.500 e. The zero-order chi connectivity index (χ0) is 14.5. The lowest BCUT2D eigenvalue weighted by Gasteiger charge is -2.13. The second kappa shape index (κ2) is 6.32. The van der Waals surface area contributed by atoms with Crippen molar-refractivity contribution in [2.75, 3.05) is 27.9 Å². The van der Waals surface area contributed by atoms with E-state index in [0.29, 0.717) is 30.1 Å². The van der Waals surface area contributed by atoms with Crippen molar-refractivity contribution in [1.29, 1.82) is 0 Å². The Hall–Kier alpha value is -2.17. The highest BCUT2D eigenvalue weighted by Crippen LogP contribution is 2.30. The second-order valence-corrected chi connectivity index (χ2v) is 4.49. The van der Waals surface area contributed by atoms with Crippen molar-refractivity contribution in [3.63, 3.8) is 0 Å². The van der Waals surface area contributed by atoms with Crippen LogP contribution in [0.15, 0.2) is 30.0 Å². The third-order valence-electron chi connectivity index (χ3n) is 3.30. The number of hydrogen-bond donors (Lipinski definition) is 0. The number of esters is 1. The number of ether oxygens (including phenoxy) is 4. The van der Waals surface area contributed by atoms with E-state index in [0.717, 1.165) is 5.56 Å². The van der Waals surface area contributed by atoms with Gasteiger partial charge in [-0.3, -0.25) is 0 Å². The van der Waals surface area contributed by atoms with E-state index in [-0.39, 0.29) is 11.9 Å². The Kier molecular flexibility index (Phi) is 4.50. The predicted octanol–water partition coefficient (Wildman–Crippen LogP) is 1.95. The topological polar surface area (TPSA) is 54.0 Å². The van der Waals surface area contributed by atoms with Crippen LogP contribution in [0, 0.1) is 5.92 Å². The molecule has 20 heavy (non-hydrogen) atoms. The smallest absolute Gasteiger partial charge is 0.337 e. The molecule has 0 bridgehead atoms. The molecule has 0 spiro atoms. The Bertz CT molecular complexity index is 521. The SMILES string of the molecule is COC(=O)C1=COCC1Cc1ccc(OC)c(OC)c1. The van der Waals surface area contributed by atoms with Crippen molar-refractivity contribution in [3.05, 3.63) is 35.6 Å². The molecule has 0 amide bonds. The fourth-order valence-electron chi connectivity index (χ4n) is 2.23. The monoisotopic (exact) mass is 278 g/mol. The average molecular weight is 278 g/mol. The van der Waals surface area contributed by atoms with Crippen LogP contribution in [0.25, 0.3) is 0 Å². The molecule has 0 aromatic heterocycles. The van der Waals surface area contributed by atoms with Gasteiger partial charge >= 0.3 is 5.97 Å². The van der Waals surface area contributed by atoms with Gasteiger partial charge in [0, 0.05) is 5.92 Å². The van der Waals surface area contributed by atoms with Crippen LogP contribution < -0.4 is 9.47 Å². The van der Waals surface area contributed by atoms with Crippen LogP contribution in [0.4, 0.5) is 0 Å². The Morgan fingerprint density at radius 2 is 2.00 bits per heavy atom. The lowest BCUT2D eigenvalue weighted by Crippen LogP contribution is -2.16. The van der Waals surface area contributed by atoms with Crippen molar-refractivity contribution in [2.24, 2.45) is 5.92 Å². The fraction of sp³-hybridized carbons (Fsp3) is 0.400. The van der Waals surface area contributed by atoms with Crippen LogP contribution in [0.5, 0.6) is 11.5 Å². The van der Waals surface area contributed by atoms with Crippen molar-refractivity contribution in [2.45, 2.75) is 6.42 Å². The fourth-order valence-corrected chi connectivity index (χ4v) is 2.23. The minimum Gasteiger partial charge on any atom is -0.500 e. The Morgan fingerprint density at radius 3 is 2.65 bits per heavy atom. The van der Waals surface area contributed by atoms with Gasteiger partial charge in [0.15, 0.2) is 11.5 Å². The standard InChI is InChI=1S/C15H18O5/c1-17-13-5-4-10(7-14(13)18-2)6-11-8-20-9-12(11)15(16)19-3/h4-5,7,9,11H,6,8H2,1-3H3.